The molecule has 0 aliphatic heterocycles. The monoisotopic (exact) mass is 534 g/mol. The fourth-order valence-corrected chi connectivity index (χ4v) is 5.73. The number of benzene rings is 3. The minimum atomic E-state index is -3.86. The van der Waals surface area contributed by atoms with E-state index in [1.54, 1.807) is 66.4 Å². The molecule has 1 aliphatic rings. The number of hydrogen-bond donors (Lipinski definition) is 1. The van der Waals surface area contributed by atoms with Crippen molar-refractivity contribution in [3.63, 3.8) is 0 Å². The maximum absolute atomic E-state index is 13.6. The summed E-state index contributed by atoms with van der Waals surface area (Å²) in [6.07, 6.45) is 3.13. The smallest absolute Gasteiger partial charge is 0.243 e. The second-order valence-corrected chi connectivity index (χ2v) is 11.1. The Morgan fingerprint density at radius 3 is 2.32 bits per heavy atom. The van der Waals surface area contributed by atoms with E-state index in [1.807, 2.05) is 19.1 Å². The first-order chi connectivity index (χ1) is 18.2. The van der Waals surface area contributed by atoms with Gasteiger partial charge in [0.15, 0.2) is 0 Å². The molecule has 0 bridgehead atoms. The van der Waals surface area contributed by atoms with Crippen molar-refractivity contribution in [1.29, 1.82) is 0 Å². The number of sulfonamides is 1. The van der Waals surface area contributed by atoms with Crippen LogP contribution in [-0.2, 0) is 14.8 Å². The van der Waals surface area contributed by atoms with Crippen LogP contribution in [-0.4, -0.2) is 47.9 Å². The quantitative estimate of drug-likeness (QED) is 0.333. The van der Waals surface area contributed by atoms with E-state index in [0.29, 0.717) is 30.0 Å². The lowest BCUT2D eigenvalue weighted by Crippen LogP contribution is -2.39. The number of nitrogens with zero attached hydrogens (tertiary/aromatic N) is 3. The van der Waals surface area contributed by atoms with E-state index in [4.69, 9.17) is 4.74 Å². The first-order valence-electron chi connectivity index (χ1n) is 12.1. The number of hydrogen-bond acceptors (Lipinski definition) is 5. The number of aromatic nitrogens is 2. The highest BCUT2D eigenvalue weighted by Crippen LogP contribution is 2.32. The molecule has 1 heterocycles. The molecule has 1 amide bonds. The number of rotatable bonds is 9. The summed E-state index contributed by atoms with van der Waals surface area (Å²) in [5.74, 6) is -0.0369. The molecule has 1 fully saturated rings. The van der Waals surface area contributed by atoms with Crippen molar-refractivity contribution in [1.82, 2.24) is 13.9 Å². The van der Waals surface area contributed by atoms with Gasteiger partial charge in [-0.25, -0.2) is 17.8 Å². The van der Waals surface area contributed by atoms with Crippen molar-refractivity contribution >= 4 is 21.9 Å². The summed E-state index contributed by atoms with van der Waals surface area (Å²) in [4.78, 5) is 18.0. The molecule has 1 aliphatic carbocycles. The van der Waals surface area contributed by atoms with Gasteiger partial charge < -0.3 is 4.74 Å². The SMILES string of the molecule is COc1ccc(-c2cn(-c3ccc(F)cc3)c(NC(=O)CN(C3CC3)S(=O)(=O)c3ccc(C)cc3)n2)cc1. The van der Waals surface area contributed by atoms with E-state index >= 15 is 0 Å². The van der Waals surface area contributed by atoms with Crippen LogP contribution in [0.25, 0.3) is 16.9 Å². The molecule has 38 heavy (non-hydrogen) atoms. The van der Waals surface area contributed by atoms with Crippen LogP contribution in [0.4, 0.5) is 10.3 Å². The van der Waals surface area contributed by atoms with Gasteiger partial charge in [-0.2, -0.15) is 4.31 Å². The third-order valence-corrected chi connectivity index (χ3v) is 8.24. The Balaban J connectivity index is 1.43. The Bertz CT molecular complexity index is 1550. The van der Waals surface area contributed by atoms with E-state index in [1.165, 1.54) is 16.4 Å². The summed E-state index contributed by atoms with van der Waals surface area (Å²) >= 11 is 0. The molecule has 0 saturated heterocycles. The second kappa shape index (κ2) is 10.4. The molecule has 10 heteroatoms. The Morgan fingerprint density at radius 1 is 1.05 bits per heavy atom. The minimum absolute atomic E-state index is 0.150. The van der Waals surface area contributed by atoms with Gasteiger partial charge in [0.1, 0.15) is 11.6 Å². The zero-order valence-corrected chi connectivity index (χ0v) is 21.8. The maximum Gasteiger partial charge on any atom is 0.243 e. The van der Waals surface area contributed by atoms with Crippen LogP contribution in [0.2, 0.25) is 0 Å². The Kier molecular flexibility index (Phi) is 7.00. The summed E-state index contributed by atoms with van der Waals surface area (Å²) in [5.41, 5.74) is 2.88. The molecule has 0 radical (unpaired) electrons. The predicted octanol–water partition coefficient (Wildman–Crippen LogP) is 4.79. The molecular weight excluding hydrogens is 507 g/mol. The fraction of sp³-hybridized carbons (Fsp3) is 0.214. The lowest BCUT2D eigenvalue weighted by molar-refractivity contribution is -0.116. The molecule has 1 N–H and O–H groups in total. The van der Waals surface area contributed by atoms with Gasteiger partial charge in [-0.3, -0.25) is 14.7 Å². The topological polar surface area (TPSA) is 93.5 Å². The number of imidazole rings is 1. The van der Waals surface area contributed by atoms with Crippen LogP contribution in [0.5, 0.6) is 5.75 Å². The van der Waals surface area contributed by atoms with Crippen LogP contribution in [0.1, 0.15) is 18.4 Å². The number of carbonyl (C=O) groups is 1. The summed E-state index contributed by atoms with van der Waals surface area (Å²) in [6, 6.07) is 19.4. The number of nitrogens with one attached hydrogen (secondary N) is 1. The molecule has 0 atom stereocenters. The highest BCUT2D eigenvalue weighted by atomic mass is 32.2. The van der Waals surface area contributed by atoms with Crippen LogP contribution >= 0.6 is 0 Å². The molecule has 1 aromatic heterocycles. The molecule has 196 valence electrons. The van der Waals surface area contributed by atoms with Gasteiger partial charge in [0.2, 0.25) is 21.9 Å². The number of amides is 1. The van der Waals surface area contributed by atoms with Gasteiger partial charge in [-0.15, -0.1) is 0 Å². The summed E-state index contributed by atoms with van der Waals surface area (Å²) in [5, 5.41) is 2.77. The van der Waals surface area contributed by atoms with E-state index in [-0.39, 0.29) is 23.4 Å². The highest BCUT2D eigenvalue weighted by Gasteiger charge is 2.39. The molecule has 3 aromatic carbocycles. The van der Waals surface area contributed by atoms with Crippen LogP contribution in [0, 0.1) is 12.7 Å². The van der Waals surface area contributed by atoms with Crippen molar-refractivity contribution in [2.24, 2.45) is 0 Å². The third kappa shape index (κ3) is 5.46. The third-order valence-electron chi connectivity index (χ3n) is 6.33. The van der Waals surface area contributed by atoms with E-state index < -0.39 is 21.7 Å². The minimum Gasteiger partial charge on any atom is -0.497 e. The molecule has 8 nitrogen and oxygen atoms in total. The van der Waals surface area contributed by atoms with Gasteiger partial charge in [-0.1, -0.05) is 17.7 Å². The zero-order valence-electron chi connectivity index (χ0n) is 21.0. The van der Waals surface area contributed by atoms with Gasteiger partial charge in [0.05, 0.1) is 24.2 Å². The van der Waals surface area contributed by atoms with E-state index in [2.05, 4.69) is 10.3 Å². The number of anilines is 1. The van der Waals surface area contributed by atoms with E-state index in [9.17, 15) is 17.6 Å². The molecular formula is C28H27FN4O4S. The van der Waals surface area contributed by atoms with Gasteiger partial charge in [0.25, 0.3) is 0 Å². The van der Waals surface area contributed by atoms with Crippen molar-refractivity contribution in [3.05, 3.63) is 90.4 Å². The highest BCUT2D eigenvalue weighted by molar-refractivity contribution is 7.89. The Hall–Kier alpha value is -4.02. The first kappa shape index (κ1) is 25.6. The van der Waals surface area contributed by atoms with Gasteiger partial charge >= 0.3 is 0 Å². The molecule has 4 aromatic rings. The largest absolute Gasteiger partial charge is 0.497 e. The van der Waals surface area contributed by atoms with E-state index in [0.717, 1.165) is 11.1 Å². The van der Waals surface area contributed by atoms with Crippen molar-refractivity contribution in [3.8, 4) is 22.7 Å². The Labute approximate surface area is 220 Å². The van der Waals surface area contributed by atoms with Crippen molar-refractivity contribution in [2.75, 3.05) is 19.0 Å². The number of aryl methyl sites for hydroxylation is 1. The van der Waals surface area contributed by atoms with Crippen molar-refractivity contribution < 1.29 is 22.3 Å². The number of carbonyl (C=O) groups excluding carboxylic acids is 1. The number of methoxy groups -OCH3 is 1. The van der Waals surface area contributed by atoms with Gasteiger partial charge in [0, 0.05) is 23.5 Å². The maximum atomic E-state index is 13.6. The summed E-state index contributed by atoms with van der Waals surface area (Å²) < 4.78 is 48.4. The fourth-order valence-electron chi connectivity index (χ4n) is 4.09. The van der Waals surface area contributed by atoms with Crippen LogP contribution in [0.3, 0.4) is 0 Å². The lowest BCUT2D eigenvalue weighted by Gasteiger charge is -2.21. The van der Waals surface area contributed by atoms with Gasteiger partial charge in [-0.05, 0) is 80.4 Å². The normalized spacial score (nSPS) is 13.5. The first-order valence-corrected chi connectivity index (χ1v) is 13.6. The zero-order chi connectivity index (χ0) is 26.9. The average Bonchev–Trinajstić information content (AvgIpc) is 3.67. The summed E-state index contributed by atoms with van der Waals surface area (Å²) in [6.45, 7) is 1.53. The number of halogens is 1. The molecule has 5 rings (SSSR count). The molecule has 0 unspecified atom stereocenters. The van der Waals surface area contributed by atoms with Crippen LogP contribution in [0.15, 0.2) is 83.9 Å². The standard InChI is InChI=1S/C28H27FN4O4S/c1-19-3-15-25(16-4-19)38(35,36)33(23-11-12-23)18-27(34)31-28-30-26(20-5-13-24(37-2)14-6-20)17-32(28)22-9-7-21(29)8-10-22/h3-10,13-17,23H,11-12,18H2,1-2H3,(H,30,31,34). The lowest BCUT2D eigenvalue weighted by atomic mass is 10.1. The second-order valence-electron chi connectivity index (χ2n) is 9.17. The summed E-state index contributed by atoms with van der Waals surface area (Å²) in [7, 11) is -2.28. The number of ether oxygens (including phenoxy) is 1. The molecule has 1 saturated carbocycles. The van der Waals surface area contributed by atoms with Crippen LogP contribution < -0.4 is 10.1 Å². The Morgan fingerprint density at radius 2 is 1.71 bits per heavy atom. The predicted molar refractivity (Wildman–Crippen MR) is 142 cm³/mol. The molecule has 0 spiro atoms. The van der Waals surface area contributed by atoms with Crippen molar-refractivity contribution in [2.45, 2.75) is 30.7 Å². The average molecular weight is 535 g/mol.